The van der Waals surface area contributed by atoms with Crippen LogP contribution in [-0.2, 0) is 44.3 Å². The minimum atomic E-state index is -0.0949. The fraction of sp³-hybridized carbons (Fsp3) is 0.500. The van der Waals surface area contributed by atoms with E-state index in [-0.39, 0.29) is 44.6 Å². The lowest BCUT2D eigenvalue weighted by molar-refractivity contribution is 0.330. The van der Waals surface area contributed by atoms with Gasteiger partial charge in [0.05, 0.1) is 17.0 Å². The molecule has 5 aliphatic rings. The molecule has 0 radical (unpaired) electrons. The molecule has 0 saturated carbocycles. The van der Waals surface area contributed by atoms with Gasteiger partial charge in [-0.3, -0.25) is 0 Å². The Morgan fingerprint density at radius 2 is 1.04 bits per heavy atom. The van der Waals surface area contributed by atoms with Crippen LogP contribution in [0.15, 0.2) is 71.1 Å². The average molecular weight is 903 g/mol. The van der Waals surface area contributed by atoms with Gasteiger partial charge in [-0.2, -0.15) is 0 Å². The molecule has 68 heavy (non-hydrogen) atoms. The Bertz CT molecular complexity index is 3120. The van der Waals surface area contributed by atoms with E-state index in [0.717, 1.165) is 17.7 Å². The Hall–Kier alpha value is -4.70. The summed E-state index contributed by atoms with van der Waals surface area (Å²) >= 11 is 0. The zero-order chi connectivity index (χ0) is 48.8. The van der Waals surface area contributed by atoms with Crippen LogP contribution in [0.2, 0.25) is 0 Å². The summed E-state index contributed by atoms with van der Waals surface area (Å²) in [6, 6.07) is 27.6. The smallest absolute Gasteiger partial charge is 0.297 e. The van der Waals surface area contributed by atoms with Gasteiger partial charge in [-0.05, 0) is 206 Å². The minimum Gasteiger partial charge on any atom is -0.468 e. The van der Waals surface area contributed by atoms with Crippen molar-refractivity contribution in [2.45, 2.75) is 207 Å². The van der Waals surface area contributed by atoms with Crippen LogP contribution < -0.4 is 26.4 Å². The quantitative estimate of drug-likeness (QED) is 0.165. The monoisotopic (exact) mass is 903 g/mol. The van der Waals surface area contributed by atoms with Gasteiger partial charge >= 0.3 is 0 Å². The molecule has 0 bridgehead atoms. The first-order valence-corrected chi connectivity index (χ1v) is 26.4. The summed E-state index contributed by atoms with van der Waals surface area (Å²) in [6.45, 7) is 43.8. The molecule has 0 spiro atoms. The van der Waals surface area contributed by atoms with Crippen LogP contribution in [0.25, 0.3) is 11.0 Å². The van der Waals surface area contributed by atoms with Crippen LogP contribution in [0.4, 0.5) is 34.1 Å². The van der Waals surface area contributed by atoms with Gasteiger partial charge in [0.1, 0.15) is 5.58 Å². The van der Waals surface area contributed by atoms with Gasteiger partial charge in [-0.25, -0.2) is 0 Å². The molecular formula is C64H79BN2O. The zero-order valence-electron chi connectivity index (χ0n) is 45.2. The molecule has 0 N–H and O–H groups in total. The lowest BCUT2D eigenvalue weighted by atomic mass is 9.35. The summed E-state index contributed by atoms with van der Waals surface area (Å²) in [4.78, 5) is 5.39. The van der Waals surface area contributed by atoms with E-state index >= 15 is 0 Å². The van der Waals surface area contributed by atoms with Crippen molar-refractivity contribution in [1.29, 1.82) is 0 Å². The molecule has 1 aromatic heterocycles. The maximum absolute atomic E-state index is 7.70. The van der Waals surface area contributed by atoms with Crippen LogP contribution in [-0.4, -0.2) is 6.71 Å². The van der Waals surface area contributed by atoms with E-state index in [1.165, 1.54) is 139 Å². The Balaban J connectivity index is 1.30. The number of furan rings is 1. The van der Waals surface area contributed by atoms with Crippen LogP contribution in [0, 0.1) is 13.8 Å². The molecule has 0 unspecified atom stereocenters. The van der Waals surface area contributed by atoms with E-state index < -0.39 is 0 Å². The SMILES string of the molecule is CCc1cc2c3c(c1)N(c1ccc(C(C)(C)C)cc1)c1c(oc4cc5c(cc14)C(C)(C)CCC5(C)C)B3c1cc3c(cc1N2c1c(C)cc2c(c1C)C(C)(C)CCC2(C)C)C(C)(C)CCC3(C)C. The third-order valence-electron chi connectivity index (χ3n) is 18.8. The Labute approximate surface area is 410 Å². The summed E-state index contributed by atoms with van der Waals surface area (Å²) in [5, 5.41) is 1.23. The van der Waals surface area contributed by atoms with Crippen molar-refractivity contribution in [3.05, 3.63) is 122 Å². The summed E-state index contributed by atoms with van der Waals surface area (Å²) in [5.41, 5.74) is 27.4. The molecule has 3 heterocycles. The second-order valence-electron chi connectivity index (χ2n) is 27.4. The van der Waals surface area contributed by atoms with E-state index in [4.69, 9.17) is 4.42 Å². The normalized spacial score (nSPS) is 20.8. The highest BCUT2D eigenvalue weighted by Gasteiger charge is 2.51. The second-order valence-corrected chi connectivity index (χ2v) is 27.4. The van der Waals surface area contributed by atoms with Gasteiger partial charge in [0, 0.05) is 28.1 Å². The fourth-order valence-electron chi connectivity index (χ4n) is 14.1. The minimum absolute atomic E-state index is 0.0373. The predicted molar refractivity (Wildman–Crippen MR) is 294 cm³/mol. The van der Waals surface area contributed by atoms with Crippen molar-refractivity contribution in [3.63, 3.8) is 0 Å². The van der Waals surface area contributed by atoms with Crippen molar-refractivity contribution < 1.29 is 4.42 Å². The highest BCUT2D eigenvalue weighted by atomic mass is 16.3. The summed E-state index contributed by atoms with van der Waals surface area (Å²) in [7, 11) is 0. The van der Waals surface area contributed by atoms with Gasteiger partial charge < -0.3 is 14.2 Å². The van der Waals surface area contributed by atoms with Gasteiger partial charge in [0.2, 0.25) is 0 Å². The highest BCUT2D eigenvalue weighted by Crippen LogP contribution is 2.56. The van der Waals surface area contributed by atoms with E-state index in [1.807, 2.05) is 0 Å². The van der Waals surface area contributed by atoms with Gasteiger partial charge in [-0.1, -0.05) is 135 Å². The molecule has 0 saturated heterocycles. The second kappa shape index (κ2) is 14.2. The molecule has 11 rings (SSSR count). The highest BCUT2D eigenvalue weighted by molar-refractivity contribution is 7.00. The maximum Gasteiger partial charge on any atom is 0.297 e. The van der Waals surface area contributed by atoms with E-state index in [1.54, 1.807) is 5.56 Å². The molecule has 4 heteroatoms. The van der Waals surface area contributed by atoms with Crippen molar-refractivity contribution in [2.75, 3.05) is 9.80 Å². The fourth-order valence-corrected chi connectivity index (χ4v) is 14.1. The molecule has 2 aliphatic heterocycles. The number of anilines is 6. The van der Waals surface area contributed by atoms with Crippen LogP contribution >= 0.6 is 0 Å². The van der Waals surface area contributed by atoms with Crippen molar-refractivity contribution in [1.82, 2.24) is 0 Å². The van der Waals surface area contributed by atoms with Crippen LogP contribution in [0.3, 0.4) is 0 Å². The number of fused-ring (bicyclic) bond motifs is 9. The molecule has 0 amide bonds. The van der Waals surface area contributed by atoms with Crippen molar-refractivity contribution in [2.24, 2.45) is 0 Å². The lowest BCUT2D eigenvalue weighted by Crippen LogP contribution is -2.61. The Kier molecular flexibility index (Phi) is 9.57. The molecule has 0 fully saturated rings. The number of hydrogen-bond acceptors (Lipinski definition) is 3. The summed E-state index contributed by atoms with van der Waals surface area (Å²) in [5.74, 6) is 0. The molecule has 3 aliphatic carbocycles. The van der Waals surface area contributed by atoms with Gasteiger partial charge in [-0.15, -0.1) is 0 Å². The van der Waals surface area contributed by atoms with E-state index in [2.05, 4.69) is 201 Å². The Morgan fingerprint density at radius 3 is 1.60 bits per heavy atom. The Morgan fingerprint density at radius 1 is 0.544 bits per heavy atom. The maximum atomic E-state index is 7.70. The first kappa shape index (κ1) is 45.7. The average Bonchev–Trinajstić information content (AvgIpc) is 3.63. The molecule has 0 atom stereocenters. The number of hydrogen-bond donors (Lipinski definition) is 0. The first-order valence-electron chi connectivity index (χ1n) is 26.4. The summed E-state index contributed by atoms with van der Waals surface area (Å²) in [6.07, 6.45) is 7.99. The zero-order valence-corrected chi connectivity index (χ0v) is 45.2. The van der Waals surface area contributed by atoms with Crippen LogP contribution in [0.1, 0.15) is 205 Å². The largest absolute Gasteiger partial charge is 0.468 e. The summed E-state index contributed by atoms with van der Waals surface area (Å²) < 4.78 is 7.70. The topological polar surface area (TPSA) is 19.6 Å². The third-order valence-corrected chi connectivity index (χ3v) is 18.8. The third kappa shape index (κ3) is 6.42. The lowest BCUT2D eigenvalue weighted by Gasteiger charge is -2.48. The number of nitrogens with zero attached hydrogens (tertiary/aromatic N) is 2. The molecule has 3 nitrogen and oxygen atoms in total. The molecular weight excluding hydrogens is 824 g/mol. The van der Waals surface area contributed by atoms with Crippen molar-refractivity contribution in [3.8, 4) is 0 Å². The van der Waals surface area contributed by atoms with E-state index in [0.29, 0.717) is 0 Å². The predicted octanol–water partition coefficient (Wildman–Crippen LogP) is 16.0. The standard InChI is InChI=1S/C64H79BN2O/c1-19-39-31-50-54-51(32-39)67(55-37(2)30-47-53(38(55)3)64(17,18)29-28-63(47,15)16)49-35-45-44(60(9,10)25-26-61(45,11)12)34-48(49)65(54)57-56(66(50)41-22-20-40(21-23-41)58(4,5)6)42-33-43-46(36-52(42)68-57)62(13,14)27-24-59(43,7)8/h20-23,30-36H,19,24-29H2,1-18H3. The molecule has 6 aromatic rings. The number of aryl methyl sites for hydroxylation is 2. The van der Waals surface area contributed by atoms with Crippen molar-refractivity contribution >= 4 is 68.4 Å². The number of rotatable bonds is 3. The molecule has 354 valence electrons. The first-order chi connectivity index (χ1) is 31.6. The van der Waals surface area contributed by atoms with Crippen LogP contribution in [0.5, 0.6) is 0 Å². The molecule has 5 aromatic carbocycles. The number of benzene rings is 5. The van der Waals surface area contributed by atoms with Gasteiger partial charge in [0.25, 0.3) is 6.71 Å². The van der Waals surface area contributed by atoms with Gasteiger partial charge in [0.15, 0.2) is 0 Å². The van der Waals surface area contributed by atoms with E-state index in [9.17, 15) is 0 Å².